The molecule has 1 aliphatic rings. The highest BCUT2D eigenvalue weighted by Crippen LogP contribution is 2.30. The maximum atomic E-state index is 12.4. The molecule has 0 aliphatic carbocycles. The zero-order chi connectivity index (χ0) is 17.2. The SMILES string of the molecule is CSc1nn(-c2ccccc2)c2cc(NC(=O)C3CCCN3)ccc12. The summed E-state index contributed by atoms with van der Waals surface area (Å²) in [6.07, 6.45) is 3.97. The maximum absolute atomic E-state index is 12.4. The van der Waals surface area contributed by atoms with Crippen LogP contribution in [0.3, 0.4) is 0 Å². The van der Waals surface area contributed by atoms with Crippen LogP contribution in [0.15, 0.2) is 53.6 Å². The third-order valence-electron chi connectivity index (χ3n) is 4.49. The van der Waals surface area contributed by atoms with E-state index in [-0.39, 0.29) is 11.9 Å². The predicted octanol–water partition coefficient (Wildman–Crippen LogP) is 3.44. The maximum Gasteiger partial charge on any atom is 0.241 e. The minimum atomic E-state index is -0.0866. The van der Waals surface area contributed by atoms with E-state index in [0.717, 1.165) is 46.7 Å². The fourth-order valence-electron chi connectivity index (χ4n) is 3.22. The minimum Gasteiger partial charge on any atom is -0.325 e. The van der Waals surface area contributed by atoms with Gasteiger partial charge in [-0.25, -0.2) is 4.68 Å². The van der Waals surface area contributed by atoms with Gasteiger partial charge in [-0.15, -0.1) is 11.8 Å². The molecular weight excluding hydrogens is 332 g/mol. The number of benzene rings is 2. The first-order valence-corrected chi connectivity index (χ1v) is 9.65. The Morgan fingerprint density at radius 3 is 2.84 bits per heavy atom. The number of rotatable bonds is 4. The molecule has 1 unspecified atom stereocenters. The van der Waals surface area contributed by atoms with Crippen molar-refractivity contribution in [2.45, 2.75) is 23.9 Å². The highest BCUT2D eigenvalue weighted by Gasteiger charge is 2.22. The number of amides is 1. The molecule has 2 aromatic carbocycles. The highest BCUT2D eigenvalue weighted by atomic mass is 32.2. The number of carbonyl (C=O) groups excluding carboxylic acids is 1. The van der Waals surface area contributed by atoms with Gasteiger partial charge in [0.2, 0.25) is 5.91 Å². The molecule has 128 valence electrons. The molecule has 1 atom stereocenters. The zero-order valence-corrected chi connectivity index (χ0v) is 14.8. The van der Waals surface area contributed by atoms with E-state index in [9.17, 15) is 4.79 Å². The molecule has 1 aliphatic heterocycles. The smallest absolute Gasteiger partial charge is 0.241 e. The first kappa shape index (κ1) is 16.2. The molecule has 0 saturated carbocycles. The van der Waals surface area contributed by atoms with E-state index in [1.54, 1.807) is 11.8 Å². The molecule has 2 heterocycles. The monoisotopic (exact) mass is 352 g/mol. The highest BCUT2D eigenvalue weighted by molar-refractivity contribution is 7.98. The molecular formula is C19H20N4OS. The second kappa shape index (κ2) is 6.90. The summed E-state index contributed by atoms with van der Waals surface area (Å²) in [5.74, 6) is 0.0349. The molecule has 0 spiro atoms. The van der Waals surface area contributed by atoms with Gasteiger partial charge >= 0.3 is 0 Å². The quantitative estimate of drug-likeness (QED) is 0.706. The number of para-hydroxylation sites is 1. The number of nitrogens with one attached hydrogen (secondary N) is 2. The average molecular weight is 352 g/mol. The largest absolute Gasteiger partial charge is 0.325 e. The van der Waals surface area contributed by atoms with Crippen LogP contribution in [0.5, 0.6) is 0 Å². The zero-order valence-electron chi connectivity index (χ0n) is 14.0. The minimum absolute atomic E-state index is 0.0349. The molecule has 25 heavy (non-hydrogen) atoms. The lowest BCUT2D eigenvalue weighted by Crippen LogP contribution is -2.35. The number of aromatic nitrogens is 2. The van der Waals surface area contributed by atoms with Gasteiger partial charge in [-0.05, 0) is 56.0 Å². The Kier molecular flexibility index (Phi) is 4.46. The summed E-state index contributed by atoms with van der Waals surface area (Å²) in [5, 5.41) is 13.1. The Hall–Kier alpha value is -2.31. The van der Waals surface area contributed by atoms with Gasteiger partial charge in [-0.2, -0.15) is 5.10 Å². The molecule has 3 aromatic rings. The lowest BCUT2D eigenvalue weighted by molar-refractivity contribution is -0.117. The Morgan fingerprint density at radius 2 is 2.12 bits per heavy atom. The summed E-state index contributed by atoms with van der Waals surface area (Å²) in [6, 6.07) is 16.0. The molecule has 0 bridgehead atoms. The topological polar surface area (TPSA) is 59.0 Å². The van der Waals surface area contributed by atoms with Crippen molar-refractivity contribution in [3.8, 4) is 5.69 Å². The Morgan fingerprint density at radius 1 is 1.28 bits per heavy atom. The molecule has 1 saturated heterocycles. The molecule has 6 heteroatoms. The first-order chi connectivity index (χ1) is 12.3. The van der Waals surface area contributed by atoms with E-state index in [2.05, 4.69) is 10.6 Å². The summed E-state index contributed by atoms with van der Waals surface area (Å²) >= 11 is 1.62. The summed E-state index contributed by atoms with van der Waals surface area (Å²) in [5.41, 5.74) is 2.80. The Labute approximate surface area is 150 Å². The summed E-state index contributed by atoms with van der Waals surface area (Å²) in [7, 11) is 0. The van der Waals surface area contributed by atoms with E-state index < -0.39 is 0 Å². The molecule has 1 fully saturated rings. The Balaban J connectivity index is 1.72. The fraction of sp³-hybridized carbons (Fsp3) is 0.263. The van der Waals surface area contributed by atoms with Crippen molar-refractivity contribution in [3.63, 3.8) is 0 Å². The average Bonchev–Trinajstić information content (AvgIpc) is 3.30. The molecule has 2 N–H and O–H groups in total. The van der Waals surface area contributed by atoms with E-state index in [0.29, 0.717) is 0 Å². The van der Waals surface area contributed by atoms with Crippen LogP contribution in [0.1, 0.15) is 12.8 Å². The van der Waals surface area contributed by atoms with Crippen molar-refractivity contribution >= 4 is 34.3 Å². The van der Waals surface area contributed by atoms with Crippen LogP contribution < -0.4 is 10.6 Å². The summed E-state index contributed by atoms with van der Waals surface area (Å²) < 4.78 is 1.94. The van der Waals surface area contributed by atoms with E-state index >= 15 is 0 Å². The van der Waals surface area contributed by atoms with Gasteiger partial charge in [0.25, 0.3) is 0 Å². The molecule has 5 nitrogen and oxygen atoms in total. The number of nitrogens with zero attached hydrogens (tertiary/aromatic N) is 2. The van der Waals surface area contributed by atoms with Crippen LogP contribution in [0.25, 0.3) is 16.6 Å². The number of thioether (sulfide) groups is 1. The third-order valence-corrected chi connectivity index (χ3v) is 5.17. The van der Waals surface area contributed by atoms with Crippen molar-refractivity contribution in [2.24, 2.45) is 0 Å². The second-order valence-electron chi connectivity index (χ2n) is 6.13. The molecule has 4 rings (SSSR count). The summed E-state index contributed by atoms with van der Waals surface area (Å²) in [4.78, 5) is 12.4. The van der Waals surface area contributed by atoms with Crippen LogP contribution in [0.4, 0.5) is 5.69 Å². The van der Waals surface area contributed by atoms with Crippen molar-refractivity contribution in [1.82, 2.24) is 15.1 Å². The number of carbonyl (C=O) groups is 1. The standard InChI is InChI=1S/C19H20N4OS/c1-25-19-15-10-9-13(21-18(24)16-8-5-11-20-16)12-17(15)23(22-19)14-6-3-2-4-7-14/h2-4,6-7,9-10,12,16,20H,5,8,11H2,1H3,(H,21,24). The lowest BCUT2D eigenvalue weighted by atomic mass is 10.2. The first-order valence-electron chi connectivity index (χ1n) is 8.43. The summed E-state index contributed by atoms with van der Waals surface area (Å²) in [6.45, 7) is 0.912. The van der Waals surface area contributed by atoms with Gasteiger partial charge in [0.1, 0.15) is 5.03 Å². The third kappa shape index (κ3) is 3.15. The van der Waals surface area contributed by atoms with Crippen LogP contribution in [0, 0.1) is 0 Å². The molecule has 1 amide bonds. The van der Waals surface area contributed by atoms with Gasteiger partial charge in [-0.1, -0.05) is 18.2 Å². The van der Waals surface area contributed by atoms with Gasteiger partial charge in [0, 0.05) is 11.1 Å². The van der Waals surface area contributed by atoms with E-state index in [1.807, 2.05) is 59.5 Å². The number of fused-ring (bicyclic) bond motifs is 1. The molecule has 0 radical (unpaired) electrons. The fourth-order valence-corrected chi connectivity index (χ4v) is 3.77. The van der Waals surface area contributed by atoms with Gasteiger partial charge in [0.05, 0.1) is 17.2 Å². The van der Waals surface area contributed by atoms with Crippen molar-refractivity contribution in [1.29, 1.82) is 0 Å². The molecule has 1 aromatic heterocycles. The number of hydrogen-bond donors (Lipinski definition) is 2. The predicted molar refractivity (Wildman–Crippen MR) is 103 cm³/mol. The Bertz CT molecular complexity index is 900. The van der Waals surface area contributed by atoms with E-state index in [1.165, 1.54) is 0 Å². The van der Waals surface area contributed by atoms with Crippen LogP contribution in [0.2, 0.25) is 0 Å². The van der Waals surface area contributed by atoms with Gasteiger partial charge in [0.15, 0.2) is 0 Å². The number of anilines is 1. The van der Waals surface area contributed by atoms with Crippen molar-refractivity contribution in [3.05, 3.63) is 48.5 Å². The second-order valence-corrected chi connectivity index (χ2v) is 6.92. The lowest BCUT2D eigenvalue weighted by Gasteiger charge is -2.11. The van der Waals surface area contributed by atoms with Crippen LogP contribution in [-0.2, 0) is 4.79 Å². The van der Waals surface area contributed by atoms with Crippen molar-refractivity contribution in [2.75, 3.05) is 18.1 Å². The van der Waals surface area contributed by atoms with Gasteiger partial charge < -0.3 is 10.6 Å². The van der Waals surface area contributed by atoms with E-state index in [4.69, 9.17) is 5.10 Å². The van der Waals surface area contributed by atoms with Gasteiger partial charge in [-0.3, -0.25) is 4.79 Å². The van der Waals surface area contributed by atoms with Crippen LogP contribution in [-0.4, -0.2) is 34.5 Å². The number of hydrogen-bond acceptors (Lipinski definition) is 4. The van der Waals surface area contributed by atoms with Crippen molar-refractivity contribution < 1.29 is 4.79 Å². The normalized spacial score (nSPS) is 17.1. The van der Waals surface area contributed by atoms with Crippen LogP contribution >= 0.6 is 11.8 Å².